The van der Waals surface area contributed by atoms with Crippen LogP contribution >= 0.6 is 0 Å². The van der Waals surface area contributed by atoms with Crippen molar-refractivity contribution in [2.45, 2.75) is 13.5 Å². The summed E-state index contributed by atoms with van der Waals surface area (Å²) in [6.07, 6.45) is 2.78. The number of anilines is 1. The standard InChI is InChI=1S/C26H21N5O3/c1-17-6-4-7-18(12-17)15-34-20-9-5-8-19(13-20)25(32)30-22-10-2-3-11-23(22)31-24-21(14-29-31)26(33)28-16-27-24/h2-14,16H,15H2,1H3,(H,30,32)(H,27,28,33). The number of aromatic amines is 1. The van der Waals surface area contributed by atoms with Crippen LogP contribution in [0.15, 0.2) is 90.1 Å². The molecule has 5 rings (SSSR count). The normalized spacial score (nSPS) is 10.9. The number of hydrogen-bond acceptors (Lipinski definition) is 5. The monoisotopic (exact) mass is 451 g/mol. The van der Waals surface area contributed by atoms with Crippen LogP contribution in [0, 0.1) is 6.92 Å². The van der Waals surface area contributed by atoms with Gasteiger partial charge in [0, 0.05) is 5.56 Å². The molecule has 168 valence electrons. The molecular formula is C26H21N5O3. The van der Waals surface area contributed by atoms with Crippen molar-refractivity contribution in [3.8, 4) is 11.4 Å². The first-order valence-corrected chi connectivity index (χ1v) is 10.7. The number of hydrogen-bond donors (Lipinski definition) is 2. The van der Waals surface area contributed by atoms with E-state index in [2.05, 4.69) is 26.4 Å². The Morgan fingerprint density at radius 2 is 1.91 bits per heavy atom. The summed E-state index contributed by atoms with van der Waals surface area (Å²) in [6, 6.07) is 22.3. The Hall–Kier alpha value is -4.72. The molecule has 0 aliphatic heterocycles. The first-order valence-electron chi connectivity index (χ1n) is 10.7. The number of nitrogens with zero attached hydrogens (tertiary/aromatic N) is 3. The molecule has 2 N–H and O–H groups in total. The van der Waals surface area contributed by atoms with Crippen LogP contribution in [0.3, 0.4) is 0 Å². The van der Waals surface area contributed by atoms with Crippen molar-refractivity contribution in [3.63, 3.8) is 0 Å². The molecule has 3 aromatic carbocycles. The predicted molar refractivity (Wildman–Crippen MR) is 129 cm³/mol. The van der Waals surface area contributed by atoms with Crippen LogP contribution in [0.2, 0.25) is 0 Å². The molecule has 0 atom stereocenters. The highest BCUT2D eigenvalue weighted by molar-refractivity contribution is 6.05. The fourth-order valence-corrected chi connectivity index (χ4v) is 3.69. The number of ether oxygens (including phenoxy) is 1. The quantitative estimate of drug-likeness (QED) is 0.402. The van der Waals surface area contributed by atoms with Gasteiger partial charge in [-0.05, 0) is 42.8 Å². The smallest absolute Gasteiger partial charge is 0.261 e. The first-order chi connectivity index (χ1) is 16.6. The van der Waals surface area contributed by atoms with E-state index in [0.29, 0.717) is 40.3 Å². The molecule has 0 unspecified atom stereocenters. The van der Waals surface area contributed by atoms with Gasteiger partial charge in [-0.3, -0.25) is 9.59 Å². The number of carbonyl (C=O) groups excluding carboxylic acids is 1. The minimum atomic E-state index is -0.296. The van der Waals surface area contributed by atoms with Crippen molar-refractivity contribution >= 4 is 22.6 Å². The average Bonchev–Trinajstić information content (AvgIpc) is 3.29. The van der Waals surface area contributed by atoms with Gasteiger partial charge in [0.25, 0.3) is 11.5 Å². The molecule has 34 heavy (non-hydrogen) atoms. The molecule has 0 radical (unpaired) electrons. The summed E-state index contributed by atoms with van der Waals surface area (Å²) in [5.74, 6) is 0.305. The molecule has 5 aromatic rings. The summed E-state index contributed by atoms with van der Waals surface area (Å²) in [5, 5.41) is 7.60. The number of aromatic nitrogens is 4. The lowest BCUT2D eigenvalue weighted by atomic mass is 10.1. The second kappa shape index (κ2) is 9.03. The molecule has 0 bridgehead atoms. The third-order valence-corrected chi connectivity index (χ3v) is 5.34. The topological polar surface area (TPSA) is 102 Å². The van der Waals surface area contributed by atoms with Gasteiger partial charge in [0.1, 0.15) is 17.7 Å². The molecule has 0 fully saturated rings. The predicted octanol–water partition coefficient (Wildman–Crippen LogP) is 4.25. The summed E-state index contributed by atoms with van der Waals surface area (Å²) in [4.78, 5) is 31.9. The van der Waals surface area contributed by atoms with Gasteiger partial charge in [0.2, 0.25) is 0 Å². The Kier molecular flexibility index (Phi) is 5.61. The van der Waals surface area contributed by atoms with E-state index in [-0.39, 0.29) is 11.5 Å². The number of amides is 1. The average molecular weight is 451 g/mol. The largest absolute Gasteiger partial charge is 0.489 e. The SMILES string of the molecule is Cc1cccc(COc2cccc(C(=O)Nc3ccccc3-n3ncc4c(=O)[nH]cnc43)c2)c1. The van der Waals surface area contributed by atoms with E-state index in [4.69, 9.17) is 4.74 Å². The van der Waals surface area contributed by atoms with Crippen molar-refractivity contribution in [1.29, 1.82) is 0 Å². The van der Waals surface area contributed by atoms with Crippen molar-refractivity contribution in [2.75, 3.05) is 5.32 Å². The molecule has 0 saturated heterocycles. The van der Waals surface area contributed by atoms with Crippen LogP contribution in [0.25, 0.3) is 16.7 Å². The van der Waals surface area contributed by atoms with E-state index in [0.717, 1.165) is 11.1 Å². The zero-order valence-electron chi connectivity index (χ0n) is 18.4. The lowest BCUT2D eigenvalue weighted by Crippen LogP contribution is -2.14. The minimum Gasteiger partial charge on any atom is -0.489 e. The highest BCUT2D eigenvalue weighted by Gasteiger charge is 2.15. The highest BCUT2D eigenvalue weighted by atomic mass is 16.5. The first kappa shape index (κ1) is 21.1. The molecule has 2 aromatic heterocycles. The van der Waals surface area contributed by atoms with Crippen LogP contribution in [-0.4, -0.2) is 25.7 Å². The van der Waals surface area contributed by atoms with Crippen molar-refractivity contribution in [3.05, 3.63) is 112 Å². The van der Waals surface area contributed by atoms with Crippen LogP contribution in [0.1, 0.15) is 21.5 Å². The van der Waals surface area contributed by atoms with E-state index in [1.807, 2.05) is 43.3 Å². The van der Waals surface area contributed by atoms with Crippen LogP contribution in [-0.2, 0) is 6.61 Å². The second-order valence-electron chi connectivity index (χ2n) is 7.80. The van der Waals surface area contributed by atoms with Gasteiger partial charge in [-0.25, -0.2) is 9.67 Å². The minimum absolute atomic E-state index is 0.278. The Balaban J connectivity index is 1.38. The van der Waals surface area contributed by atoms with E-state index in [1.54, 1.807) is 30.3 Å². The molecular weight excluding hydrogens is 430 g/mol. The Labute approximate surface area is 194 Å². The number of nitrogens with one attached hydrogen (secondary N) is 2. The second-order valence-corrected chi connectivity index (χ2v) is 7.80. The van der Waals surface area contributed by atoms with Crippen LogP contribution < -0.4 is 15.6 Å². The summed E-state index contributed by atoms with van der Waals surface area (Å²) >= 11 is 0. The van der Waals surface area contributed by atoms with Crippen LogP contribution in [0.4, 0.5) is 5.69 Å². The molecule has 8 heteroatoms. The Morgan fingerprint density at radius 1 is 1.06 bits per heavy atom. The lowest BCUT2D eigenvalue weighted by Gasteiger charge is -2.12. The van der Waals surface area contributed by atoms with Gasteiger partial charge in [-0.1, -0.05) is 48.0 Å². The molecule has 0 spiro atoms. The van der Waals surface area contributed by atoms with Crippen molar-refractivity contribution in [2.24, 2.45) is 0 Å². The third kappa shape index (κ3) is 4.29. The molecule has 1 amide bonds. The van der Waals surface area contributed by atoms with Gasteiger partial charge in [0.15, 0.2) is 5.65 Å². The van der Waals surface area contributed by atoms with E-state index in [9.17, 15) is 9.59 Å². The molecule has 0 saturated carbocycles. The maximum absolute atomic E-state index is 13.1. The Morgan fingerprint density at radius 3 is 2.79 bits per heavy atom. The van der Waals surface area contributed by atoms with E-state index < -0.39 is 0 Å². The number of carbonyl (C=O) groups is 1. The maximum Gasteiger partial charge on any atom is 0.261 e. The molecule has 0 aliphatic carbocycles. The van der Waals surface area contributed by atoms with Crippen molar-refractivity contribution in [1.82, 2.24) is 19.7 Å². The van der Waals surface area contributed by atoms with Gasteiger partial charge < -0.3 is 15.0 Å². The zero-order valence-corrected chi connectivity index (χ0v) is 18.4. The van der Waals surface area contributed by atoms with Crippen LogP contribution in [0.5, 0.6) is 5.75 Å². The van der Waals surface area contributed by atoms with Gasteiger partial charge in [-0.15, -0.1) is 0 Å². The fraction of sp³-hybridized carbons (Fsp3) is 0.0769. The van der Waals surface area contributed by atoms with Gasteiger partial charge >= 0.3 is 0 Å². The fourth-order valence-electron chi connectivity index (χ4n) is 3.69. The summed E-state index contributed by atoms with van der Waals surface area (Å²) in [7, 11) is 0. The highest BCUT2D eigenvalue weighted by Crippen LogP contribution is 2.23. The summed E-state index contributed by atoms with van der Waals surface area (Å²) in [6.45, 7) is 2.44. The number of rotatable bonds is 6. The van der Waals surface area contributed by atoms with Gasteiger partial charge in [-0.2, -0.15) is 5.10 Å². The number of aryl methyl sites for hydroxylation is 1. The number of H-pyrrole nitrogens is 1. The van der Waals surface area contributed by atoms with Gasteiger partial charge in [0.05, 0.1) is 23.9 Å². The molecule has 8 nitrogen and oxygen atoms in total. The van der Waals surface area contributed by atoms with Crippen molar-refractivity contribution < 1.29 is 9.53 Å². The van der Waals surface area contributed by atoms with E-state index >= 15 is 0 Å². The molecule has 0 aliphatic rings. The molecule has 2 heterocycles. The Bertz CT molecular complexity index is 1550. The summed E-state index contributed by atoms with van der Waals surface area (Å²) in [5.41, 5.74) is 3.93. The number of benzene rings is 3. The third-order valence-electron chi connectivity index (χ3n) is 5.34. The lowest BCUT2D eigenvalue weighted by molar-refractivity contribution is 0.102. The summed E-state index contributed by atoms with van der Waals surface area (Å²) < 4.78 is 7.42. The maximum atomic E-state index is 13.1. The zero-order chi connectivity index (χ0) is 23.5. The van der Waals surface area contributed by atoms with E-state index in [1.165, 1.54) is 17.2 Å². The number of fused-ring (bicyclic) bond motifs is 1. The number of para-hydroxylation sites is 2.